The summed E-state index contributed by atoms with van der Waals surface area (Å²) in [5.41, 5.74) is 1.69. The number of likely N-dealkylation sites (N-methyl/N-ethyl adjacent to an activating group) is 1. The van der Waals surface area contributed by atoms with Crippen molar-refractivity contribution in [1.82, 2.24) is 15.2 Å². The zero-order valence-corrected chi connectivity index (χ0v) is 15.4. The molecule has 0 bridgehead atoms. The van der Waals surface area contributed by atoms with Gasteiger partial charge in [0.05, 0.1) is 6.04 Å². The Morgan fingerprint density at radius 3 is 2.42 bits per heavy atom. The highest BCUT2D eigenvalue weighted by Crippen LogP contribution is 2.20. The molecule has 0 radical (unpaired) electrons. The van der Waals surface area contributed by atoms with E-state index in [1.807, 2.05) is 48.5 Å². The van der Waals surface area contributed by atoms with Crippen molar-refractivity contribution in [3.8, 4) is 0 Å². The maximum atomic E-state index is 12.8. The minimum absolute atomic E-state index is 0.130. The van der Waals surface area contributed by atoms with Gasteiger partial charge in [0.1, 0.15) is 5.69 Å². The van der Waals surface area contributed by atoms with Gasteiger partial charge in [-0.1, -0.05) is 68.4 Å². The van der Waals surface area contributed by atoms with E-state index < -0.39 is 0 Å². The first kappa shape index (κ1) is 18.1. The van der Waals surface area contributed by atoms with Crippen molar-refractivity contribution < 1.29 is 4.79 Å². The van der Waals surface area contributed by atoms with Crippen molar-refractivity contribution in [2.24, 2.45) is 0 Å². The summed E-state index contributed by atoms with van der Waals surface area (Å²) in [5.74, 6) is -0.130. The quantitative estimate of drug-likeness (QED) is 0.701. The lowest BCUT2D eigenvalue weighted by atomic mass is 10.0. The predicted molar refractivity (Wildman–Crippen MR) is 106 cm³/mol. The molecule has 0 aliphatic heterocycles. The summed E-state index contributed by atoms with van der Waals surface area (Å²) in [5, 5.41) is 5.00. The van der Waals surface area contributed by atoms with E-state index in [9.17, 15) is 4.79 Å². The SMILES string of the molecule is CCN(CC)C(CNC(=O)c1nccc2ccccc12)c1ccccc1. The molecule has 1 N–H and O–H groups in total. The average Bonchev–Trinajstić information content (AvgIpc) is 2.71. The molecule has 134 valence electrons. The van der Waals surface area contributed by atoms with Crippen LogP contribution in [0.5, 0.6) is 0 Å². The Bertz CT molecular complexity index is 854. The van der Waals surface area contributed by atoms with Crippen LogP contribution in [0.1, 0.15) is 35.9 Å². The maximum absolute atomic E-state index is 12.8. The fourth-order valence-corrected chi connectivity index (χ4v) is 3.37. The number of aromatic nitrogens is 1. The third-order valence-electron chi connectivity index (χ3n) is 4.78. The van der Waals surface area contributed by atoms with Gasteiger partial charge in [-0.15, -0.1) is 0 Å². The zero-order chi connectivity index (χ0) is 18.4. The molecule has 3 rings (SSSR count). The standard InChI is InChI=1S/C22H25N3O/c1-3-25(4-2)20(18-11-6-5-7-12-18)16-24-22(26)21-19-13-9-8-10-17(19)14-15-23-21/h5-15,20H,3-4,16H2,1-2H3,(H,24,26). The minimum atomic E-state index is -0.130. The fraction of sp³-hybridized carbons (Fsp3) is 0.273. The topological polar surface area (TPSA) is 45.2 Å². The number of hydrogen-bond donors (Lipinski definition) is 1. The predicted octanol–water partition coefficient (Wildman–Crippen LogP) is 4.05. The van der Waals surface area contributed by atoms with Gasteiger partial charge in [0, 0.05) is 18.1 Å². The summed E-state index contributed by atoms with van der Waals surface area (Å²) in [4.78, 5) is 19.5. The number of fused-ring (bicyclic) bond motifs is 1. The van der Waals surface area contributed by atoms with Crippen molar-refractivity contribution in [3.63, 3.8) is 0 Å². The van der Waals surface area contributed by atoms with Crippen LogP contribution in [0.25, 0.3) is 10.8 Å². The molecule has 1 atom stereocenters. The Morgan fingerprint density at radius 2 is 1.69 bits per heavy atom. The van der Waals surface area contributed by atoms with Gasteiger partial charge >= 0.3 is 0 Å². The Morgan fingerprint density at radius 1 is 1.00 bits per heavy atom. The van der Waals surface area contributed by atoms with Crippen molar-refractivity contribution in [2.45, 2.75) is 19.9 Å². The highest BCUT2D eigenvalue weighted by molar-refractivity contribution is 6.05. The van der Waals surface area contributed by atoms with Gasteiger partial charge in [-0.2, -0.15) is 0 Å². The van der Waals surface area contributed by atoms with E-state index in [2.05, 4.69) is 41.2 Å². The molecule has 2 aromatic carbocycles. The molecule has 1 amide bonds. The summed E-state index contributed by atoms with van der Waals surface area (Å²) in [6, 6.07) is 20.2. The molecule has 0 aliphatic carbocycles. The van der Waals surface area contributed by atoms with Crippen molar-refractivity contribution in [2.75, 3.05) is 19.6 Å². The lowest BCUT2D eigenvalue weighted by Gasteiger charge is -2.30. The summed E-state index contributed by atoms with van der Waals surface area (Å²) in [7, 11) is 0. The summed E-state index contributed by atoms with van der Waals surface area (Å²) in [6.07, 6.45) is 1.69. The van der Waals surface area contributed by atoms with Crippen LogP contribution >= 0.6 is 0 Å². The van der Waals surface area contributed by atoms with Crippen LogP contribution in [-0.2, 0) is 0 Å². The van der Waals surface area contributed by atoms with Crippen molar-refractivity contribution in [1.29, 1.82) is 0 Å². The minimum Gasteiger partial charge on any atom is -0.349 e. The number of amides is 1. The van der Waals surface area contributed by atoms with Crippen LogP contribution in [0, 0.1) is 0 Å². The van der Waals surface area contributed by atoms with Gasteiger partial charge in [0.15, 0.2) is 0 Å². The normalized spacial score (nSPS) is 12.3. The Kier molecular flexibility index (Phi) is 5.97. The number of hydrogen-bond acceptors (Lipinski definition) is 3. The number of pyridine rings is 1. The first-order valence-electron chi connectivity index (χ1n) is 9.15. The molecular formula is C22H25N3O. The molecule has 1 heterocycles. The van der Waals surface area contributed by atoms with E-state index in [1.165, 1.54) is 5.56 Å². The van der Waals surface area contributed by atoms with Gasteiger partial charge in [0.25, 0.3) is 5.91 Å². The molecule has 4 heteroatoms. The monoisotopic (exact) mass is 347 g/mol. The summed E-state index contributed by atoms with van der Waals surface area (Å²) >= 11 is 0. The largest absolute Gasteiger partial charge is 0.349 e. The Labute approximate surface area is 154 Å². The van der Waals surface area contributed by atoms with Crippen LogP contribution in [0.2, 0.25) is 0 Å². The summed E-state index contributed by atoms with van der Waals surface area (Å²) in [6.45, 7) is 6.70. The van der Waals surface area contributed by atoms with Crippen LogP contribution < -0.4 is 5.32 Å². The molecular weight excluding hydrogens is 322 g/mol. The number of nitrogens with one attached hydrogen (secondary N) is 1. The van der Waals surface area contributed by atoms with E-state index in [1.54, 1.807) is 6.20 Å². The van der Waals surface area contributed by atoms with Crippen LogP contribution in [0.3, 0.4) is 0 Å². The Hall–Kier alpha value is -2.72. The summed E-state index contributed by atoms with van der Waals surface area (Å²) < 4.78 is 0. The molecule has 26 heavy (non-hydrogen) atoms. The second-order valence-corrected chi connectivity index (χ2v) is 6.24. The number of benzene rings is 2. The first-order valence-corrected chi connectivity index (χ1v) is 9.15. The molecule has 0 fully saturated rings. The molecule has 4 nitrogen and oxygen atoms in total. The zero-order valence-electron chi connectivity index (χ0n) is 15.4. The van der Waals surface area contributed by atoms with Crippen LogP contribution in [-0.4, -0.2) is 35.4 Å². The van der Waals surface area contributed by atoms with E-state index in [0.29, 0.717) is 12.2 Å². The van der Waals surface area contributed by atoms with Crippen molar-refractivity contribution >= 4 is 16.7 Å². The molecule has 0 saturated heterocycles. The van der Waals surface area contributed by atoms with E-state index in [0.717, 1.165) is 23.9 Å². The number of rotatable bonds is 7. The number of carbonyl (C=O) groups excluding carboxylic acids is 1. The van der Waals surface area contributed by atoms with Crippen LogP contribution in [0.4, 0.5) is 0 Å². The molecule has 3 aromatic rings. The second kappa shape index (κ2) is 8.59. The van der Waals surface area contributed by atoms with E-state index in [-0.39, 0.29) is 11.9 Å². The lowest BCUT2D eigenvalue weighted by Crippen LogP contribution is -2.38. The highest BCUT2D eigenvalue weighted by atomic mass is 16.1. The Balaban J connectivity index is 1.81. The van der Waals surface area contributed by atoms with E-state index in [4.69, 9.17) is 0 Å². The molecule has 0 aliphatic rings. The third kappa shape index (κ3) is 3.92. The highest BCUT2D eigenvalue weighted by Gasteiger charge is 2.20. The van der Waals surface area contributed by atoms with E-state index >= 15 is 0 Å². The van der Waals surface area contributed by atoms with Gasteiger partial charge in [-0.3, -0.25) is 14.7 Å². The average molecular weight is 347 g/mol. The van der Waals surface area contributed by atoms with Gasteiger partial charge in [-0.05, 0) is 30.1 Å². The maximum Gasteiger partial charge on any atom is 0.270 e. The molecule has 1 unspecified atom stereocenters. The fourth-order valence-electron chi connectivity index (χ4n) is 3.37. The first-order chi connectivity index (χ1) is 12.7. The molecule has 0 saturated carbocycles. The van der Waals surface area contributed by atoms with Gasteiger partial charge in [-0.25, -0.2) is 0 Å². The second-order valence-electron chi connectivity index (χ2n) is 6.24. The third-order valence-corrected chi connectivity index (χ3v) is 4.78. The lowest BCUT2D eigenvalue weighted by molar-refractivity contribution is 0.0932. The van der Waals surface area contributed by atoms with Crippen LogP contribution in [0.15, 0.2) is 66.9 Å². The number of carbonyl (C=O) groups is 1. The van der Waals surface area contributed by atoms with Crippen molar-refractivity contribution in [3.05, 3.63) is 78.1 Å². The number of nitrogens with zero attached hydrogens (tertiary/aromatic N) is 2. The van der Waals surface area contributed by atoms with Gasteiger partial charge in [0.2, 0.25) is 0 Å². The molecule has 1 aromatic heterocycles. The van der Waals surface area contributed by atoms with Gasteiger partial charge < -0.3 is 5.32 Å². The smallest absolute Gasteiger partial charge is 0.270 e. The molecule has 0 spiro atoms.